The summed E-state index contributed by atoms with van der Waals surface area (Å²) in [5, 5.41) is 12.0. The number of anilines is 1. The van der Waals surface area contributed by atoms with E-state index < -0.39 is 0 Å². The zero-order valence-corrected chi connectivity index (χ0v) is 12.1. The SMILES string of the molecule is CCNC(C)c1ccc(N(C)C(C)CC#N)c(F)c1. The first kappa shape index (κ1) is 15.5. The summed E-state index contributed by atoms with van der Waals surface area (Å²) in [6, 6.07) is 7.52. The van der Waals surface area contributed by atoms with E-state index in [9.17, 15) is 4.39 Å². The van der Waals surface area contributed by atoms with Crippen LogP contribution >= 0.6 is 0 Å². The van der Waals surface area contributed by atoms with Crippen molar-refractivity contribution >= 4 is 5.69 Å². The van der Waals surface area contributed by atoms with Gasteiger partial charge in [0.05, 0.1) is 18.2 Å². The van der Waals surface area contributed by atoms with Gasteiger partial charge in [0.1, 0.15) is 5.82 Å². The molecule has 0 fully saturated rings. The van der Waals surface area contributed by atoms with E-state index in [4.69, 9.17) is 5.26 Å². The molecule has 0 heterocycles. The van der Waals surface area contributed by atoms with Gasteiger partial charge in [0.25, 0.3) is 0 Å². The standard InChI is InChI=1S/C15H22FN3/c1-5-18-12(3)13-6-7-15(14(16)10-13)19(4)11(2)8-9-17/h6-7,10-12,18H,5,8H2,1-4H3. The first-order valence-electron chi connectivity index (χ1n) is 6.63. The minimum atomic E-state index is -0.241. The van der Waals surface area contributed by atoms with Gasteiger partial charge in [-0.15, -0.1) is 0 Å². The van der Waals surface area contributed by atoms with E-state index in [1.807, 2.05) is 33.9 Å². The van der Waals surface area contributed by atoms with E-state index in [2.05, 4.69) is 11.4 Å². The maximum atomic E-state index is 14.1. The third-order valence-corrected chi connectivity index (χ3v) is 3.41. The summed E-state index contributed by atoms with van der Waals surface area (Å²) in [6.45, 7) is 6.81. The smallest absolute Gasteiger partial charge is 0.146 e. The molecule has 0 aromatic heterocycles. The predicted molar refractivity (Wildman–Crippen MR) is 76.6 cm³/mol. The van der Waals surface area contributed by atoms with E-state index >= 15 is 0 Å². The van der Waals surface area contributed by atoms with Crippen LogP contribution in [0.2, 0.25) is 0 Å². The second kappa shape index (κ2) is 7.10. The Morgan fingerprint density at radius 1 is 1.42 bits per heavy atom. The van der Waals surface area contributed by atoms with Crippen LogP contribution in [0.25, 0.3) is 0 Å². The quantitative estimate of drug-likeness (QED) is 0.856. The number of nitriles is 1. The molecule has 3 nitrogen and oxygen atoms in total. The molecular weight excluding hydrogens is 241 g/mol. The maximum absolute atomic E-state index is 14.1. The van der Waals surface area contributed by atoms with Gasteiger partial charge < -0.3 is 10.2 Å². The minimum Gasteiger partial charge on any atom is -0.368 e. The molecule has 0 aliphatic heterocycles. The fourth-order valence-electron chi connectivity index (χ4n) is 2.01. The Balaban J connectivity index is 2.91. The van der Waals surface area contributed by atoms with Crippen LogP contribution in [0, 0.1) is 17.1 Å². The van der Waals surface area contributed by atoms with Crippen LogP contribution in [-0.4, -0.2) is 19.6 Å². The lowest BCUT2D eigenvalue weighted by atomic mass is 10.1. The average Bonchev–Trinajstić information content (AvgIpc) is 2.38. The van der Waals surface area contributed by atoms with Crippen LogP contribution in [0.3, 0.4) is 0 Å². The molecule has 1 aromatic rings. The molecule has 104 valence electrons. The molecule has 1 rings (SSSR count). The summed E-state index contributed by atoms with van der Waals surface area (Å²) in [4.78, 5) is 1.81. The van der Waals surface area contributed by atoms with E-state index in [0.717, 1.165) is 12.1 Å². The van der Waals surface area contributed by atoms with E-state index in [1.165, 1.54) is 0 Å². The lowest BCUT2D eigenvalue weighted by Gasteiger charge is -2.26. The molecule has 1 N–H and O–H groups in total. The first-order chi connectivity index (χ1) is 9.01. The maximum Gasteiger partial charge on any atom is 0.146 e. The fourth-order valence-corrected chi connectivity index (χ4v) is 2.01. The molecule has 0 saturated carbocycles. The molecule has 2 unspecified atom stereocenters. The van der Waals surface area contributed by atoms with E-state index in [1.54, 1.807) is 17.0 Å². The van der Waals surface area contributed by atoms with Gasteiger partial charge in [0, 0.05) is 19.1 Å². The number of nitrogens with zero attached hydrogens (tertiary/aromatic N) is 2. The second-order valence-corrected chi connectivity index (χ2v) is 4.81. The van der Waals surface area contributed by atoms with Crippen LogP contribution in [0.4, 0.5) is 10.1 Å². The summed E-state index contributed by atoms with van der Waals surface area (Å²) < 4.78 is 14.1. The molecule has 0 aliphatic rings. The van der Waals surface area contributed by atoms with Gasteiger partial charge in [-0.3, -0.25) is 0 Å². The zero-order valence-electron chi connectivity index (χ0n) is 12.1. The minimum absolute atomic E-state index is 0.00320. The lowest BCUT2D eigenvalue weighted by Crippen LogP contribution is -2.29. The van der Waals surface area contributed by atoms with Crippen LogP contribution in [0.15, 0.2) is 18.2 Å². The number of nitrogens with one attached hydrogen (secondary N) is 1. The predicted octanol–water partition coefficient (Wildman–Crippen LogP) is 3.23. The third-order valence-electron chi connectivity index (χ3n) is 3.41. The van der Waals surface area contributed by atoms with E-state index in [-0.39, 0.29) is 17.9 Å². The highest BCUT2D eigenvalue weighted by Gasteiger charge is 2.15. The molecular formula is C15H22FN3. The Morgan fingerprint density at radius 2 is 2.11 bits per heavy atom. The number of benzene rings is 1. The van der Waals surface area contributed by atoms with Crippen molar-refractivity contribution in [2.75, 3.05) is 18.5 Å². The molecule has 0 saturated heterocycles. The van der Waals surface area contributed by atoms with Crippen molar-refractivity contribution in [1.29, 1.82) is 5.26 Å². The first-order valence-corrected chi connectivity index (χ1v) is 6.63. The van der Waals surface area contributed by atoms with Crippen molar-refractivity contribution in [1.82, 2.24) is 5.32 Å². The lowest BCUT2D eigenvalue weighted by molar-refractivity contribution is 0.577. The Morgan fingerprint density at radius 3 is 2.63 bits per heavy atom. The molecule has 0 bridgehead atoms. The van der Waals surface area contributed by atoms with Gasteiger partial charge in [-0.25, -0.2) is 4.39 Å². The number of halogens is 1. The molecule has 4 heteroatoms. The van der Waals surface area contributed by atoms with Crippen molar-refractivity contribution < 1.29 is 4.39 Å². The molecule has 0 aliphatic carbocycles. The summed E-state index contributed by atoms with van der Waals surface area (Å²) in [7, 11) is 1.81. The zero-order chi connectivity index (χ0) is 14.4. The van der Waals surface area contributed by atoms with Gasteiger partial charge in [0.2, 0.25) is 0 Å². The summed E-state index contributed by atoms with van der Waals surface area (Å²) in [5.74, 6) is -0.241. The molecule has 2 atom stereocenters. The third kappa shape index (κ3) is 3.93. The highest BCUT2D eigenvalue weighted by atomic mass is 19.1. The topological polar surface area (TPSA) is 39.1 Å². The van der Waals surface area contributed by atoms with Crippen LogP contribution < -0.4 is 10.2 Å². The molecule has 19 heavy (non-hydrogen) atoms. The number of hydrogen-bond acceptors (Lipinski definition) is 3. The normalized spacial score (nSPS) is 13.7. The summed E-state index contributed by atoms with van der Waals surface area (Å²) in [6.07, 6.45) is 0.380. The van der Waals surface area contributed by atoms with Crippen LogP contribution in [0.5, 0.6) is 0 Å². The summed E-state index contributed by atoms with van der Waals surface area (Å²) in [5.41, 5.74) is 1.47. The molecule has 0 radical (unpaired) electrons. The van der Waals surface area contributed by atoms with Crippen LogP contribution in [0.1, 0.15) is 38.8 Å². The van der Waals surface area contributed by atoms with Gasteiger partial charge in [-0.1, -0.05) is 13.0 Å². The number of rotatable bonds is 6. The molecule has 0 amide bonds. The Kier molecular flexibility index (Phi) is 5.78. The largest absolute Gasteiger partial charge is 0.368 e. The highest BCUT2D eigenvalue weighted by Crippen LogP contribution is 2.24. The van der Waals surface area contributed by atoms with Crippen molar-refractivity contribution in [2.24, 2.45) is 0 Å². The van der Waals surface area contributed by atoms with Gasteiger partial charge in [-0.05, 0) is 38.1 Å². The van der Waals surface area contributed by atoms with Crippen molar-refractivity contribution in [2.45, 2.75) is 39.3 Å². The van der Waals surface area contributed by atoms with Crippen molar-refractivity contribution in [3.05, 3.63) is 29.6 Å². The van der Waals surface area contributed by atoms with E-state index in [0.29, 0.717) is 12.1 Å². The summed E-state index contributed by atoms with van der Waals surface area (Å²) >= 11 is 0. The second-order valence-electron chi connectivity index (χ2n) is 4.81. The van der Waals surface area contributed by atoms with Crippen molar-refractivity contribution in [3.63, 3.8) is 0 Å². The van der Waals surface area contributed by atoms with Crippen LogP contribution in [-0.2, 0) is 0 Å². The number of hydrogen-bond donors (Lipinski definition) is 1. The highest BCUT2D eigenvalue weighted by molar-refractivity contribution is 5.49. The fraction of sp³-hybridized carbons (Fsp3) is 0.533. The van der Waals surface area contributed by atoms with Gasteiger partial charge in [0.15, 0.2) is 0 Å². The van der Waals surface area contributed by atoms with Crippen molar-refractivity contribution in [3.8, 4) is 6.07 Å². The molecule has 1 aromatic carbocycles. The average molecular weight is 263 g/mol. The monoisotopic (exact) mass is 263 g/mol. The Bertz CT molecular complexity index is 453. The Labute approximate surface area is 115 Å². The van der Waals surface area contributed by atoms with Gasteiger partial charge >= 0.3 is 0 Å². The molecule has 0 spiro atoms. The Hall–Kier alpha value is -1.60. The van der Waals surface area contributed by atoms with Gasteiger partial charge in [-0.2, -0.15) is 5.26 Å².